The van der Waals surface area contributed by atoms with Gasteiger partial charge in [0.25, 0.3) is 10.1 Å². The number of unbranched alkanes of at least 4 members (excludes halogenated alkanes) is 3. The standard InChI is InChI=1S/C48H57N3O6S2/c1-8-9-14-31-50-40-27-23-34-17-10-12-19-38(34)44(40)47(2,3)42(50)29-25-36-21-22-37(46(36)49(6)59(55,56)57-7)26-30-43-48(4,5)45-39-20-13-11-18-35(39)24-28-41(45)51(43)32-15-16-33-58(52,53)54/h10-13,17-20,23-30H,8-9,14-16,21-22,31-33H2,1-7H3/p+1. The van der Waals surface area contributed by atoms with Gasteiger partial charge in [0.05, 0.1) is 12.9 Å². The molecule has 0 saturated heterocycles. The molecule has 1 aliphatic carbocycles. The number of hydrogen-bond donors (Lipinski definition) is 1. The molecule has 2 heterocycles. The number of anilines is 2. The van der Waals surface area contributed by atoms with Crippen molar-refractivity contribution >= 4 is 59.1 Å². The van der Waals surface area contributed by atoms with Gasteiger partial charge < -0.3 is 9.80 Å². The Bertz CT molecular complexity index is 2690. The summed E-state index contributed by atoms with van der Waals surface area (Å²) in [6, 6.07) is 25.6. The normalized spacial score (nSPS) is 21.2. The van der Waals surface area contributed by atoms with E-state index in [2.05, 4.69) is 129 Å². The van der Waals surface area contributed by atoms with Gasteiger partial charge in [-0.1, -0.05) is 124 Å². The number of rotatable bonds is 13. The summed E-state index contributed by atoms with van der Waals surface area (Å²) in [6.45, 7) is 12.7. The Morgan fingerprint density at radius 2 is 1.14 bits per heavy atom. The fourth-order valence-corrected chi connectivity index (χ4v) is 10.9. The summed E-state index contributed by atoms with van der Waals surface area (Å²) in [5.41, 5.74) is 8.67. The second-order valence-corrected chi connectivity index (χ2v) is 20.4. The third-order valence-corrected chi connectivity index (χ3v) is 14.6. The van der Waals surface area contributed by atoms with Crippen molar-refractivity contribution in [2.75, 3.05) is 42.8 Å². The van der Waals surface area contributed by atoms with Gasteiger partial charge in [-0.25, -0.2) is 4.18 Å². The van der Waals surface area contributed by atoms with Crippen LogP contribution in [0.1, 0.15) is 90.7 Å². The maximum absolute atomic E-state index is 13.4. The van der Waals surface area contributed by atoms with Crippen LogP contribution in [-0.4, -0.2) is 64.1 Å². The van der Waals surface area contributed by atoms with Gasteiger partial charge in [-0.2, -0.15) is 8.42 Å². The highest BCUT2D eigenvalue weighted by Crippen LogP contribution is 2.52. The molecule has 3 aliphatic rings. The van der Waals surface area contributed by atoms with Gasteiger partial charge >= 0.3 is 10.3 Å². The number of nitrogens with zero attached hydrogens (tertiary/aromatic N) is 3. The van der Waals surface area contributed by atoms with Gasteiger partial charge in [0, 0.05) is 57.8 Å². The smallest absolute Gasteiger partial charge is 0.344 e. The van der Waals surface area contributed by atoms with E-state index in [1.54, 1.807) is 7.05 Å². The third kappa shape index (κ3) is 8.07. The maximum atomic E-state index is 13.4. The van der Waals surface area contributed by atoms with E-state index >= 15 is 0 Å². The first-order chi connectivity index (χ1) is 28.0. The van der Waals surface area contributed by atoms with Crippen LogP contribution in [0.5, 0.6) is 0 Å². The lowest BCUT2D eigenvalue weighted by Gasteiger charge is -2.27. The van der Waals surface area contributed by atoms with Gasteiger partial charge in [-0.05, 0) is 89.1 Å². The molecule has 0 spiro atoms. The Hall–Kier alpha value is -4.55. The molecule has 312 valence electrons. The topological polar surface area (TPSA) is 107 Å². The summed E-state index contributed by atoms with van der Waals surface area (Å²) in [5.74, 6) is -0.293. The Kier molecular flexibility index (Phi) is 11.9. The van der Waals surface area contributed by atoms with Crippen LogP contribution < -0.4 is 9.80 Å². The first kappa shape index (κ1) is 42.6. The van der Waals surface area contributed by atoms with Gasteiger partial charge in [0.1, 0.15) is 0 Å². The van der Waals surface area contributed by atoms with Crippen molar-refractivity contribution in [3.05, 3.63) is 131 Å². The third-order valence-electron chi connectivity index (χ3n) is 12.5. The second-order valence-electron chi connectivity index (χ2n) is 17.0. The molecule has 59 heavy (non-hydrogen) atoms. The van der Waals surface area contributed by atoms with Gasteiger partial charge in [-0.3, -0.25) is 4.55 Å². The summed E-state index contributed by atoms with van der Waals surface area (Å²) < 4.78 is 65.8. The Morgan fingerprint density at radius 1 is 0.678 bits per heavy atom. The highest BCUT2D eigenvalue weighted by atomic mass is 32.2. The van der Waals surface area contributed by atoms with Crippen LogP contribution >= 0.6 is 0 Å². The summed E-state index contributed by atoms with van der Waals surface area (Å²) in [4.78, 5) is 4.72. The van der Waals surface area contributed by atoms with E-state index < -0.39 is 25.8 Å². The molecule has 1 saturated carbocycles. The van der Waals surface area contributed by atoms with Crippen LogP contribution in [0.25, 0.3) is 21.5 Å². The molecule has 4 aromatic carbocycles. The predicted octanol–water partition coefficient (Wildman–Crippen LogP) is 10.1. The molecule has 7 rings (SSSR count). The summed E-state index contributed by atoms with van der Waals surface area (Å²) in [5, 5.41) is 4.76. The molecule has 1 N–H and O–H groups in total. The van der Waals surface area contributed by atoms with E-state index in [1.165, 1.54) is 44.4 Å². The van der Waals surface area contributed by atoms with Crippen molar-refractivity contribution < 1.29 is 29.6 Å². The summed E-state index contributed by atoms with van der Waals surface area (Å²) in [7, 11) is -5.40. The molecule has 9 nitrogen and oxygen atoms in total. The van der Waals surface area contributed by atoms with Gasteiger partial charge in [-0.15, -0.1) is 8.42 Å². The number of fused-ring (bicyclic) bond motifs is 6. The number of allylic oxidation sites excluding steroid dienone is 8. The van der Waals surface area contributed by atoms with Crippen LogP contribution in [0.2, 0.25) is 0 Å². The molecule has 0 unspecified atom stereocenters. The molecule has 0 atom stereocenters. The zero-order valence-electron chi connectivity index (χ0n) is 35.5. The van der Waals surface area contributed by atoms with Crippen molar-refractivity contribution in [1.29, 1.82) is 0 Å². The minimum absolute atomic E-state index is 0.293. The van der Waals surface area contributed by atoms with E-state index in [0.29, 0.717) is 37.9 Å². The first-order valence-electron chi connectivity index (χ1n) is 20.8. The van der Waals surface area contributed by atoms with Crippen LogP contribution in [0.4, 0.5) is 11.4 Å². The van der Waals surface area contributed by atoms with E-state index in [0.717, 1.165) is 59.1 Å². The SMILES string of the molecule is CCCCCN1C(=CC=C2CC/C(=C\C=C3\N(CCCCS(=O)(=O)O)c4ccc5ccccc5c4C3(C)C)C2=[N+](C)S(=O)(=O)OC)C(C)(C)c2c1ccc1ccccc21. The molecule has 4 aromatic rings. The Balaban J connectivity index is 1.33. The molecule has 0 amide bonds. The monoisotopic (exact) mass is 836 g/mol. The van der Waals surface area contributed by atoms with Crippen molar-refractivity contribution in [2.45, 2.75) is 90.4 Å². The Labute approximate surface area is 351 Å². The number of benzene rings is 4. The van der Waals surface area contributed by atoms with Crippen molar-refractivity contribution in [3.63, 3.8) is 0 Å². The van der Waals surface area contributed by atoms with Crippen LogP contribution in [0.15, 0.2) is 120 Å². The molecular weight excluding hydrogens is 779 g/mol. The van der Waals surface area contributed by atoms with E-state index in [4.69, 9.17) is 4.18 Å². The molecular formula is C48H58N3O6S2+. The lowest BCUT2D eigenvalue weighted by molar-refractivity contribution is -0.337. The van der Waals surface area contributed by atoms with Gasteiger partial charge in [0.2, 0.25) is 5.71 Å². The molecule has 0 aromatic heterocycles. The highest BCUT2D eigenvalue weighted by molar-refractivity contribution is 7.85. The predicted molar refractivity (Wildman–Crippen MR) is 243 cm³/mol. The zero-order valence-corrected chi connectivity index (χ0v) is 37.1. The average Bonchev–Trinajstić information content (AvgIpc) is 3.78. The molecule has 2 aliphatic heterocycles. The van der Waals surface area contributed by atoms with E-state index in [1.807, 2.05) is 12.1 Å². The lowest BCUT2D eigenvalue weighted by atomic mass is 9.81. The van der Waals surface area contributed by atoms with Crippen LogP contribution in [0, 0.1) is 0 Å². The number of hydrogen-bond acceptors (Lipinski definition) is 7. The van der Waals surface area contributed by atoms with Crippen molar-refractivity contribution in [1.82, 2.24) is 0 Å². The largest absolute Gasteiger partial charge is 0.508 e. The second kappa shape index (κ2) is 16.5. The highest BCUT2D eigenvalue weighted by Gasteiger charge is 2.43. The quantitative estimate of drug-likeness (QED) is 0.0806. The molecule has 1 fully saturated rings. The lowest BCUT2D eigenvalue weighted by Crippen LogP contribution is -2.28. The van der Waals surface area contributed by atoms with Gasteiger partial charge in [0.15, 0.2) is 7.05 Å². The Morgan fingerprint density at radius 3 is 1.58 bits per heavy atom. The fourth-order valence-electron chi connectivity index (χ4n) is 9.65. The van der Waals surface area contributed by atoms with Crippen LogP contribution in [0.3, 0.4) is 0 Å². The summed E-state index contributed by atoms with van der Waals surface area (Å²) >= 11 is 0. The molecule has 0 radical (unpaired) electrons. The van der Waals surface area contributed by atoms with E-state index in [9.17, 15) is 21.4 Å². The molecule has 0 bridgehead atoms. The minimum atomic E-state index is -4.08. The molecule has 11 heteroatoms. The maximum Gasteiger partial charge on any atom is 0.508 e. The van der Waals surface area contributed by atoms with Crippen molar-refractivity contribution in [2.24, 2.45) is 0 Å². The summed E-state index contributed by atoms with van der Waals surface area (Å²) in [6.07, 6.45) is 14.0. The first-order valence-corrected chi connectivity index (χ1v) is 23.8. The van der Waals surface area contributed by atoms with Crippen LogP contribution in [-0.2, 0) is 35.4 Å². The van der Waals surface area contributed by atoms with Crippen molar-refractivity contribution in [3.8, 4) is 0 Å². The minimum Gasteiger partial charge on any atom is -0.344 e. The zero-order chi connectivity index (χ0) is 42.3. The van der Waals surface area contributed by atoms with E-state index in [-0.39, 0.29) is 11.2 Å². The fraction of sp³-hybridized carbons (Fsp3) is 0.396. The average molecular weight is 837 g/mol.